The minimum atomic E-state index is -0.416. The second-order valence-electron chi connectivity index (χ2n) is 5.98. The molecule has 0 unspecified atom stereocenters. The lowest BCUT2D eigenvalue weighted by Crippen LogP contribution is -2.24. The first-order valence-corrected chi connectivity index (χ1v) is 9.36. The van der Waals surface area contributed by atoms with Gasteiger partial charge in [-0.2, -0.15) is 5.26 Å². The van der Waals surface area contributed by atoms with Crippen molar-refractivity contribution in [2.45, 2.75) is 6.54 Å². The summed E-state index contributed by atoms with van der Waals surface area (Å²) in [6.45, 7) is 0.328. The number of carbonyl (C=O) groups is 1. The van der Waals surface area contributed by atoms with Crippen LogP contribution in [0.15, 0.2) is 76.9 Å². The number of amides is 1. The van der Waals surface area contributed by atoms with E-state index >= 15 is 0 Å². The first-order chi connectivity index (χ1) is 13.6. The Kier molecular flexibility index (Phi) is 6.30. The van der Waals surface area contributed by atoms with Crippen LogP contribution in [-0.2, 0) is 11.3 Å². The molecule has 0 radical (unpaired) electrons. The Morgan fingerprint density at radius 1 is 1.21 bits per heavy atom. The summed E-state index contributed by atoms with van der Waals surface area (Å²) < 4.78 is 7.99. The number of hydrogen-bond donors (Lipinski definition) is 1. The van der Waals surface area contributed by atoms with Crippen LogP contribution < -0.4 is 10.1 Å². The molecule has 3 aromatic rings. The summed E-state index contributed by atoms with van der Waals surface area (Å²) in [4.78, 5) is 12.5. The van der Waals surface area contributed by atoms with E-state index in [0.717, 1.165) is 27.2 Å². The molecule has 0 aliphatic rings. The molecule has 1 amide bonds. The second kappa shape index (κ2) is 9.07. The van der Waals surface area contributed by atoms with Crippen molar-refractivity contribution in [3.05, 3.63) is 88.2 Å². The van der Waals surface area contributed by atoms with Crippen LogP contribution in [0.2, 0.25) is 0 Å². The van der Waals surface area contributed by atoms with Gasteiger partial charge in [0.15, 0.2) is 0 Å². The quantitative estimate of drug-likeness (QED) is 0.458. The SMILES string of the molecule is COc1ccc(CNC(=O)/C(C#N)=C\c2cccn2-c2cccc(Br)c2)cc1. The number of ether oxygens (including phenoxy) is 1. The number of nitrogens with zero attached hydrogens (tertiary/aromatic N) is 2. The Morgan fingerprint density at radius 2 is 2.00 bits per heavy atom. The van der Waals surface area contributed by atoms with Crippen LogP contribution in [0, 0.1) is 11.3 Å². The molecule has 0 spiro atoms. The highest BCUT2D eigenvalue weighted by Gasteiger charge is 2.11. The molecule has 1 N–H and O–H groups in total. The molecule has 1 heterocycles. The van der Waals surface area contributed by atoms with Gasteiger partial charge in [-0.25, -0.2) is 0 Å². The summed E-state index contributed by atoms with van der Waals surface area (Å²) in [7, 11) is 1.60. The summed E-state index contributed by atoms with van der Waals surface area (Å²) in [5.41, 5.74) is 2.64. The maximum absolute atomic E-state index is 12.5. The standard InChI is InChI=1S/C22H18BrN3O2/c1-28-21-9-7-16(8-10-21)15-25-22(27)17(14-24)12-19-6-3-11-26(19)20-5-2-4-18(23)13-20/h2-13H,15H2,1H3,(H,25,27)/b17-12-. The van der Waals surface area contributed by atoms with Gasteiger partial charge in [-0.3, -0.25) is 4.79 Å². The predicted octanol–water partition coefficient (Wildman–Crippen LogP) is 4.47. The Bertz CT molecular complexity index is 1050. The number of aromatic nitrogens is 1. The molecule has 0 bridgehead atoms. The average Bonchev–Trinajstić information content (AvgIpc) is 3.19. The maximum atomic E-state index is 12.5. The molecule has 0 atom stereocenters. The lowest BCUT2D eigenvalue weighted by molar-refractivity contribution is -0.117. The van der Waals surface area contributed by atoms with Gasteiger partial charge in [0.1, 0.15) is 17.4 Å². The molecule has 2 aromatic carbocycles. The van der Waals surface area contributed by atoms with Crippen molar-refractivity contribution in [1.82, 2.24) is 9.88 Å². The molecular weight excluding hydrogens is 418 g/mol. The van der Waals surface area contributed by atoms with Crippen molar-refractivity contribution < 1.29 is 9.53 Å². The normalized spacial score (nSPS) is 11.0. The van der Waals surface area contributed by atoms with E-state index in [1.165, 1.54) is 0 Å². The lowest BCUT2D eigenvalue weighted by Gasteiger charge is -2.08. The van der Waals surface area contributed by atoms with Gasteiger partial charge in [-0.1, -0.05) is 34.1 Å². The van der Waals surface area contributed by atoms with E-state index in [1.807, 2.05) is 77.5 Å². The lowest BCUT2D eigenvalue weighted by atomic mass is 10.2. The monoisotopic (exact) mass is 435 g/mol. The van der Waals surface area contributed by atoms with Crippen molar-refractivity contribution in [2.24, 2.45) is 0 Å². The molecular formula is C22H18BrN3O2. The smallest absolute Gasteiger partial charge is 0.262 e. The first-order valence-electron chi connectivity index (χ1n) is 8.57. The van der Waals surface area contributed by atoms with Gasteiger partial charge in [-0.05, 0) is 54.1 Å². The molecule has 0 aliphatic carbocycles. The van der Waals surface area contributed by atoms with Crippen LogP contribution in [0.25, 0.3) is 11.8 Å². The number of carbonyl (C=O) groups excluding carboxylic acids is 1. The average molecular weight is 436 g/mol. The number of hydrogen-bond acceptors (Lipinski definition) is 3. The molecule has 0 fully saturated rings. The molecule has 0 saturated carbocycles. The zero-order valence-corrected chi connectivity index (χ0v) is 16.8. The molecule has 5 nitrogen and oxygen atoms in total. The number of rotatable bonds is 6. The minimum Gasteiger partial charge on any atom is -0.497 e. The van der Waals surface area contributed by atoms with Gasteiger partial charge < -0.3 is 14.6 Å². The summed E-state index contributed by atoms with van der Waals surface area (Å²) in [5.74, 6) is 0.335. The number of nitrogens with one attached hydrogen (secondary N) is 1. The van der Waals surface area contributed by atoms with Crippen molar-refractivity contribution in [3.63, 3.8) is 0 Å². The van der Waals surface area contributed by atoms with Crippen LogP contribution in [0.3, 0.4) is 0 Å². The van der Waals surface area contributed by atoms with E-state index in [1.54, 1.807) is 13.2 Å². The fraction of sp³-hybridized carbons (Fsp3) is 0.0909. The van der Waals surface area contributed by atoms with E-state index < -0.39 is 5.91 Å². The Morgan fingerprint density at radius 3 is 2.68 bits per heavy atom. The third-order valence-electron chi connectivity index (χ3n) is 4.14. The van der Waals surface area contributed by atoms with Gasteiger partial charge in [0.25, 0.3) is 5.91 Å². The number of benzene rings is 2. The third-order valence-corrected chi connectivity index (χ3v) is 4.63. The van der Waals surface area contributed by atoms with Crippen molar-refractivity contribution >= 4 is 27.9 Å². The zero-order valence-electron chi connectivity index (χ0n) is 15.2. The van der Waals surface area contributed by atoms with Gasteiger partial charge in [-0.15, -0.1) is 0 Å². The van der Waals surface area contributed by atoms with Gasteiger partial charge in [0.2, 0.25) is 0 Å². The minimum absolute atomic E-state index is 0.0449. The molecule has 1 aromatic heterocycles. The molecule has 140 valence electrons. The van der Waals surface area contributed by atoms with Gasteiger partial charge >= 0.3 is 0 Å². The summed E-state index contributed by atoms with van der Waals surface area (Å²) in [5, 5.41) is 12.2. The van der Waals surface area contributed by atoms with Gasteiger partial charge in [0.05, 0.1) is 7.11 Å². The highest BCUT2D eigenvalue weighted by atomic mass is 79.9. The Hall–Kier alpha value is -3.30. The van der Waals surface area contributed by atoms with Crippen LogP contribution >= 0.6 is 15.9 Å². The highest BCUT2D eigenvalue weighted by Crippen LogP contribution is 2.19. The van der Waals surface area contributed by atoms with E-state index in [9.17, 15) is 10.1 Å². The van der Waals surface area contributed by atoms with Gasteiger partial charge in [0, 0.05) is 28.6 Å². The number of methoxy groups -OCH3 is 1. The van der Waals surface area contributed by atoms with E-state index in [2.05, 4.69) is 21.2 Å². The molecule has 6 heteroatoms. The summed E-state index contributed by atoms with van der Waals surface area (Å²) in [6, 6.07) is 20.9. The third kappa shape index (κ3) is 4.70. The Labute approximate surface area is 172 Å². The first kappa shape index (κ1) is 19.5. The topological polar surface area (TPSA) is 67.0 Å². The molecule has 3 rings (SSSR count). The second-order valence-corrected chi connectivity index (χ2v) is 6.90. The van der Waals surface area contributed by atoms with Crippen molar-refractivity contribution in [2.75, 3.05) is 7.11 Å². The van der Waals surface area contributed by atoms with Crippen LogP contribution in [0.1, 0.15) is 11.3 Å². The zero-order chi connectivity index (χ0) is 19.9. The highest BCUT2D eigenvalue weighted by molar-refractivity contribution is 9.10. The summed E-state index contributed by atoms with van der Waals surface area (Å²) in [6.07, 6.45) is 3.47. The van der Waals surface area contributed by atoms with Crippen LogP contribution in [-0.4, -0.2) is 17.6 Å². The van der Waals surface area contributed by atoms with Crippen molar-refractivity contribution in [3.8, 4) is 17.5 Å². The van der Waals surface area contributed by atoms with E-state index in [-0.39, 0.29) is 5.57 Å². The Balaban J connectivity index is 1.76. The molecule has 0 saturated heterocycles. The van der Waals surface area contributed by atoms with Crippen LogP contribution in [0.4, 0.5) is 0 Å². The maximum Gasteiger partial charge on any atom is 0.262 e. The predicted molar refractivity (Wildman–Crippen MR) is 112 cm³/mol. The summed E-state index contributed by atoms with van der Waals surface area (Å²) >= 11 is 3.46. The van der Waals surface area contributed by atoms with Crippen LogP contribution in [0.5, 0.6) is 5.75 Å². The largest absolute Gasteiger partial charge is 0.497 e. The van der Waals surface area contributed by atoms with E-state index in [4.69, 9.17) is 4.74 Å². The fourth-order valence-electron chi connectivity index (χ4n) is 2.69. The number of nitriles is 1. The number of halogens is 1. The molecule has 28 heavy (non-hydrogen) atoms. The molecule has 0 aliphatic heterocycles. The van der Waals surface area contributed by atoms with E-state index in [0.29, 0.717) is 6.54 Å². The van der Waals surface area contributed by atoms with Crippen molar-refractivity contribution in [1.29, 1.82) is 5.26 Å². The fourth-order valence-corrected chi connectivity index (χ4v) is 3.08.